The van der Waals surface area contributed by atoms with Crippen LogP contribution in [-0.2, 0) is 10.2 Å². The lowest BCUT2D eigenvalue weighted by Gasteiger charge is -2.26. The molecule has 0 radical (unpaired) electrons. The summed E-state index contributed by atoms with van der Waals surface area (Å²) in [4.78, 5) is 10.7. The van der Waals surface area contributed by atoms with Crippen LogP contribution < -0.4 is 10.5 Å². The molecule has 0 saturated heterocycles. The van der Waals surface area contributed by atoms with Gasteiger partial charge in [0.05, 0.1) is 6.61 Å². The van der Waals surface area contributed by atoms with Crippen molar-refractivity contribution in [3.05, 3.63) is 59.7 Å². The normalized spacial score (nSPS) is 11.5. The molecular weight excluding hydrogens is 458 g/mol. The van der Waals surface area contributed by atoms with E-state index < -0.39 is 0 Å². The molecule has 3 N–H and O–H groups in total. The Bertz CT molecular complexity index is 858. The van der Waals surface area contributed by atoms with Gasteiger partial charge in [-0.05, 0) is 48.2 Å². The van der Waals surface area contributed by atoms with Gasteiger partial charge < -0.3 is 15.6 Å². The van der Waals surface area contributed by atoms with E-state index in [2.05, 4.69) is 38.1 Å². The van der Waals surface area contributed by atoms with Crippen LogP contribution in [0.2, 0.25) is 0 Å². The summed E-state index contributed by atoms with van der Waals surface area (Å²) in [5, 5.41) is 9.56. The van der Waals surface area contributed by atoms with E-state index in [-0.39, 0.29) is 11.3 Å². The molecule has 2 aromatic rings. The molecular formula is C33H51NO3. The first kappa shape index (κ1) is 30.7. The van der Waals surface area contributed by atoms with Gasteiger partial charge in [-0.1, -0.05) is 122 Å². The van der Waals surface area contributed by atoms with E-state index in [0.717, 1.165) is 31.6 Å². The molecule has 0 spiro atoms. The van der Waals surface area contributed by atoms with Gasteiger partial charge in [0, 0.05) is 11.8 Å². The molecule has 206 valence electrons. The van der Waals surface area contributed by atoms with Gasteiger partial charge in [-0.2, -0.15) is 0 Å². The van der Waals surface area contributed by atoms with E-state index in [4.69, 9.17) is 10.5 Å². The van der Waals surface area contributed by atoms with Crippen molar-refractivity contribution < 1.29 is 14.6 Å². The summed E-state index contributed by atoms with van der Waals surface area (Å²) < 4.78 is 5.97. The number of benzene rings is 2. The largest absolute Gasteiger partial charge is 0.508 e. The van der Waals surface area contributed by atoms with Crippen LogP contribution in [0.5, 0.6) is 11.5 Å². The third-order valence-electron chi connectivity index (χ3n) is 7.50. The Morgan fingerprint density at radius 1 is 0.649 bits per heavy atom. The number of phenols is 1. The minimum atomic E-state index is -0.167. The van der Waals surface area contributed by atoms with Crippen LogP contribution in [-0.4, -0.2) is 17.6 Å². The van der Waals surface area contributed by atoms with E-state index >= 15 is 0 Å². The van der Waals surface area contributed by atoms with E-state index in [9.17, 15) is 9.90 Å². The van der Waals surface area contributed by atoms with E-state index in [1.807, 2.05) is 12.1 Å². The Balaban J connectivity index is 1.41. The molecule has 0 saturated carbocycles. The van der Waals surface area contributed by atoms with Crippen molar-refractivity contribution in [2.24, 2.45) is 5.73 Å². The molecule has 4 heteroatoms. The third kappa shape index (κ3) is 13.0. The predicted octanol–water partition coefficient (Wildman–Crippen LogP) is 8.82. The second-order valence-electron chi connectivity index (χ2n) is 11.1. The fourth-order valence-corrected chi connectivity index (χ4v) is 4.90. The average Bonchev–Trinajstić information content (AvgIpc) is 2.88. The van der Waals surface area contributed by atoms with E-state index in [1.165, 1.54) is 88.2 Å². The zero-order chi connectivity index (χ0) is 26.8. The van der Waals surface area contributed by atoms with Crippen LogP contribution in [0.1, 0.15) is 128 Å². The van der Waals surface area contributed by atoms with Gasteiger partial charge in [0.2, 0.25) is 5.91 Å². The Morgan fingerprint density at radius 3 is 1.46 bits per heavy atom. The first-order chi connectivity index (χ1) is 17.9. The van der Waals surface area contributed by atoms with Gasteiger partial charge in [-0.3, -0.25) is 4.79 Å². The molecule has 0 fully saturated rings. The third-order valence-corrected chi connectivity index (χ3v) is 7.50. The number of hydrogen-bond donors (Lipinski definition) is 2. The molecule has 0 aromatic heterocycles. The summed E-state index contributed by atoms with van der Waals surface area (Å²) in [6.45, 7) is 5.19. The Hall–Kier alpha value is -2.49. The fourth-order valence-electron chi connectivity index (χ4n) is 4.90. The maximum atomic E-state index is 10.7. The van der Waals surface area contributed by atoms with Crippen molar-refractivity contribution in [3.8, 4) is 11.5 Å². The molecule has 37 heavy (non-hydrogen) atoms. The highest BCUT2D eigenvalue weighted by molar-refractivity contribution is 5.73. The van der Waals surface area contributed by atoms with Crippen molar-refractivity contribution in [1.82, 2.24) is 0 Å². The van der Waals surface area contributed by atoms with Crippen molar-refractivity contribution in [2.45, 2.75) is 122 Å². The second kappa shape index (κ2) is 17.9. The predicted molar refractivity (Wildman–Crippen MR) is 155 cm³/mol. The summed E-state index contributed by atoms with van der Waals surface area (Å²) in [5.74, 6) is 1.07. The Morgan fingerprint density at radius 2 is 1.03 bits per heavy atom. The standard InChI is InChI=1S/C33H51NO3/c1-33(2,28-19-23-30(35)24-20-28)29-21-25-31(26-22-29)37-27-17-15-13-11-9-7-5-3-4-6-8-10-12-14-16-18-32(34)36/h19-26,35H,3-18,27H2,1-2H3,(H2,34,36). The minimum Gasteiger partial charge on any atom is -0.508 e. The number of amides is 1. The van der Waals surface area contributed by atoms with Crippen LogP contribution in [0.4, 0.5) is 0 Å². The van der Waals surface area contributed by atoms with Gasteiger partial charge in [-0.15, -0.1) is 0 Å². The van der Waals surface area contributed by atoms with E-state index in [1.54, 1.807) is 12.1 Å². The molecule has 1 amide bonds. The van der Waals surface area contributed by atoms with Crippen LogP contribution in [0.25, 0.3) is 0 Å². The first-order valence-corrected chi connectivity index (χ1v) is 14.7. The quantitative estimate of drug-likeness (QED) is 0.165. The molecule has 0 atom stereocenters. The molecule has 0 heterocycles. The highest BCUT2D eigenvalue weighted by Gasteiger charge is 2.23. The van der Waals surface area contributed by atoms with Gasteiger partial charge in [-0.25, -0.2) is 0 Å². The van der Waals surface area contributed by atoms with Crippen LogP contribution in [0.15, 0.2) is 48.5 Å². The molecule has 2 rings (SSSR count). The van der Waals surface area contributed by atoms with Crippen molar-refractivity contribution in [3.63, 3.8) is 0 Å². The summed E-state index contributed by atoms with van der Waals surface area (Å²) in [6.07, 6.45) is 19.7. The molecule has 2 aromatic carbocycles. The first-order valence-electron chi connectivity index (χ1n) is 14.7. The number of phenolic OH excluding ortho intramolecular Hbond substituents is 1. The van der Waals surface area contributed by atoms with Gasteiger partial charge in [0.15, 0.2) is 0 Å². The minimum absolute atomic E-state index is 0.124. The van der Waals surface area contributed by atoms with E-state index in [0.29, 0.717) is 12.2 Å². The van der Waals surface area contributed by atoms with Crippen molar-refractivity contribution in [2.75, 3.05) is 6.61 Å². The van der Waals surface area contributed by atoms with Crippen LogP contribution in [0, 0.1) is 0 Å². The highest BCUT2D eigenvalue weighted by atomic mass is 16.5. The zero-order valence-electron chi connectivity index (χ0n) is 23.5. The van der Waals surface area contributed by atoms with Gasteiger partial charge in [0.25, 0.3) is 0 Å². The van der Waals surface area contributed by atoms with Gasteiger partial charge in [0.1, 0.15) is 11.5 Å². The lowest BCUT2D eigenvalue weighted by Crippen LogP contribution is -2.18. The number of unbranched alkanes of at least 4 members (excludes halogenated alkanes) is 14. The van der Waals surface area contributed by atoms with Crippen LogP contribution >= 0.6 is 0 Å². The SMILES string of the molecule is CC(C)(c1ccc(O)cc1)c1ccc(OCCCCCCCCCCCCCCCCCC(N)=O)cc1. The summed E-state index contributed by atoms with van der Waals surface area (Å²) in [6, 6.07) is 15.9. The van der Waals surface area contributed by atoms with Crippen molar-refractivity contribution in [1.29, 1.82) is 0 Å². The number of carbonyl (C=O) groups is 1. The molecule has 0 aliphatic heterocycles. The number of ether oxygens (including phenoxy) is 1. The molecule has 0 aliphatic rings. The van der Waals surface area contributed by atoms with Crippen molar-refractivity contribution >= 4 is 5.91 Å². The zero-order valence-corrected chi connectivity index (χ0v) is 23.5. The van der Waals surface area contributed by atoms with Crippen LogP contribution in [0.3, 0.4) is 0 Å². The number of aromatic hydroxyl groups is 1. The summed E-state index contributed by atoms with van der Waals surface area (Å²) >= 11 is 0. The molecule has 0 aliphatic carbocycles. The maximum absolute atomic E-state index is 10.7. The smallest absolute Gasteiger partial charge is 0.217 e. The van der Waals surface area contributed by atoms with Gasteiger partial charge >= 0.3 is 0 Å². The number of hydrogen-bond acceptors (Lipinski definition) is 3. The highest BCUT2D eigenvalue weighted by Crippen LogP contribution is 2.33. The number of carbonyl (C=O) groups excluding carboxylic acids is 1. The Kier molecular flexibility index (Phi) is 14.8. The molecule has 0 unspecified atom stereocenters. The number of nitrogens with two attached hydrogens (primary N) is 1. The second-order valence-corrected chi connectivity index (χ2v) is 11.1. The summed E-state index contributed by atoms with van der Waals surface area (Å²) in [7, 11) is 0. The molecule has 4 nitrogen and oxygen atoms in total. The fraction of sp³-hybridized carbons (Fsp3) is 0.606. The monoisotopic (exact) mass is 509 g/mol. The lowest BCUT2D eigenvalue weighted by atomic mass is 9.78. The summed E-state index contributed by atoms with van der Waals surface area (Å²) in [5.41, 5.74) is 7.45. The lowest BCUT2D eigenvalue weighted by molar-refractivity contribution is -0.118. The maximum Gasteiger partial charge on any atom is 0.217 e. The molecule has 0 bridgehead atoms. The topological polar surface area (TPSA) is 72.6 Å². The Labute approximate surface area is 226 Å². The average molecular weight is 510 g/mol. The number of rotatable bonds is 21. The number of primary amides is 1.